The van der Waals surface area contributed by atoms with Gasteiger partial charge in [0.2, 0.25) is 0 Å². The first-order chi connectivity index (χ1) is 14.6. The zero-order chi connectivity index (χ0) is 22.5. The van der Waals surface area contributed by atoms with Crippen molar-refractivity contribution in [3.8, 4) is 0 Å². The van der Waals surface area contributed by atoms with Crippen LogP contribution in [-0.2, 0) is 16.5 Å². The smallest absolute Gasteiger partial charge is 0.410 e. The van der Waals surface area contributed by atoms with E-state index in [1.807, 2.05) is 25.7 Å². The van der Waals surface area contributed by atoms with Gasteiger partial charge in [-0.2, -0.15) is 5.10 Å². The summed E-state index contributed by atoms with van der Waals surface area (Å²) < 4.78 is 26.9. The number of nitrogens with zero attached hydrogens (tertiary/aromatic N) is 4. The first-order valence-electron chi connectivity index (χ1n) is 10.6. The number of halogens is 1. The van der Waals surface area contributed by atoms with Crippen LogP contribution in [0.5, 0.6) is 0 Å². The number of ether oxygens (including phenoxy) is 2. The summed E-state index contributed by atoms with van der Waals surface area (Å²) in [6.07, 6.45) is 4.20. The molecule has 9 heteroatoms. The van der Waals surface area contributed by atoms with Gasteiger partial charge in [-0.3, -0.25) is 4.68 Å². The molecular weight excluding hydrogens is 403 g/mol. The number of aromatic nitrogens is 2. The number of methoxy groups -OCH3 is 1. The maximum Gasteiger partial charge on any atom is 0.410 e. The number of carbonyl (C=O) groups excluding carboxylic acids is 2. The molecule has 4 rings (SSSR count). The fraction of sp³-hybridized carbons (Fsp3) is 0.591. The Bertz CT molecular complexity index is 1020. The lowest BCUT2D eigenvalue weighted by Gasteiger charge is -2.32. The quantitative estimate of drug-likeness (QED) is 0.689. The van der Waals surface area contributed by atoms with E-state index in [0.717, 1.165) is 19.3 Å². The van der Waals surface area contributed by atoms with Crippen molar-refractivity contribution in [2.24, 2.45) is 7.05 Å². The van der Waals surface area contributed by atoms with Crippen LogP contribution in [0.25, 0.3) is 10.9 Å². The SMILES string of the molecule is COC(=O)c1c(F)cc(N2CC[C@H](N(C(=O)OC(C)(C)C)C3CC3)C2)c2cn(C)nc12. The maximum atomic E-state index is 14.9. The number of anilines is 1. The number of carbonyl (C=O) groups is 2. The van der Waals surface area contributed by atoms with Gasteiger partial charge in [-0.15, -0.1) is 0 Å². The number of rotatable bonds is 4. The third kappa shape index (κ3) is 4.18. The second kappa shape index (κ2) is 7.69. The van der Waals surface area contributed by atoms with E-state index in [1.54, 1.807) is 17.9 Å². The van der Waals surface area contributed by atoms with Crippen molar-refractivity contribution in [3.05, 3.63) is 23.6 Å². The molecule has 1 aliphatic heterocycles. The van der Waals surface area contributed by atoms with Crippen molar-refractivity contribution in [1.29, 1.82) is 0 Å². The summed E-state index contributed by atoms with van der Waals surface area (Å²) in [7, 11) is 2.95. The third-order valence-corrected chi connectivity index (χ3v) is 5.68. The minimum atomic E-state index is -0.753. The lowest BCUT2D eigenvalue weighted by Crippen LogP contribution is -2.46. The zero-order valence-electron chi connectivity index (χ0n) is 18.6. The van der Waals surface area contributed by atoms with Crippen LogP contribution in [0, 0.1) is 5.82 Å². The molecule has 2 heterocycles. The zero-order valence-corrected chi connectivity index (χ0v) is 18.6. The van der Waals surface area contributed by atoms with Crippen LogP contribution in [0.4, 0.5) is 14.9 Å². The molecule has 168 valence electrons. The third-order valence-electron chi connectivity index (χ3n) is 5.68. The molecule has 1 aliphatic carbocycles. The first-order valence-corrected chi connectivity index (χ1v) is 10.6. The van der Waals surface area contributed by atoms with Crippen LogP contribution in [-0.4, -0.2) is 64.6 Å². The summed E-state index contributed by atoms with van der Waals surface area (Å²) in [5, 5.41) is 4.98. The number of hydrogen-bond donors (Lipinski definition) is 0. The number of benzene rings is 1. The van der Waals surface area contributed by atoms with E-state index in [9.17, 15) is 14.0 Å². The van der Waals surface area contributed by atoms with Crippen LogP contribution >= 0.6 is 0 Å². The number of fused-ring (bicyclic) bond motifs is 1. The fourth-order valence-electron chi connectivity index (χ4n) is 4.25. The molecule has 0 bridgehead atoms. The Labute approximate surface area is 180 Å². The second-order valence-electron chi connectivity index (χ2n) is 9.32. The Morgan fingerprint density at radius 1 is 1.23 bits per heavy atom. The number of amides is 1. The molecule has 0 unspecified atom stereocenters. The molecule has 1 saturated carbocycles. The summed E-state index contributed by atoms with van der Waals surface area (Å²) in [6.45, 7) is 6.82. The van der Waals surface area contributed by atoms with Crippen LogP contribution in [0.3, 0.4) is 0 Å². The monoisotopic (exact) mass is 432 g/mol. The van der Waals surface area contributed by atoms with Crippen molar-refractivity contribution in [2.45, 2.75) is 57.7 Å². The first kappa shape index (κ1) is 21.4. The van der Waals surface area contributed by atoms with E-state index in [0.29, 0.717) is 24.2 Å². The predicted molar refractivity (Wildman–Crippen MR) is 114 cm³/mol. The average Bonchev–Trinajstić information content (AvgIpc) is 3.24. The normalized spacial score (nSPS) is 19.0. The minimum absolute atomic E-state index is 0.0163. The molecule has 1 atom stereocenters. The highest BCUT2D eigenvalue weighted by molar-refractivity contribution is 6.07. The van der Waals surface area contributed by atoms with Crippen molar-refractivity contribution in [1.82, 2.24) is 14.7 Å². The average molecular weight is 432 g/mol. The second-order valence-corrected chi connectivity index (χ2v) is 9.32. The topological polar surface area (TPSA) is 76.9 Å². The molecule has 1 amide bonds. The molecule has 2 fully saturated rings. The Kier molecular flexibility index (Phi) is 5.31. The molecule has 1 saturated heterocycles. The van der Waals surface area contributed by atoms with Crippen LogP contribution in [0.1, 0.15) is 50.4 Å². The Hall–Kier alpha value is -2.84. The Morgan fingerprint density at radius 3 is 2.55 bits per heavy atom. The largest absolute Gasteiger partial charge is 0.465 e. The van der Waals surface area contributed by atoms with E-state index < -0.39 is 17.4 Å². The molecule has 2 aliphatic rings. The van der Waals surface area contributed by atoms with E-state index in [2.05, 4.69) is 10.00 Å². The van der Waals surface area contributed by atoms with Crippen LogP contribution in [0.15, 0.2) is 12.3 Å². The van der Waals surface area contributed by atoms with Gasteiger partial charge in [0, 0.05) is 37.8 Å². The van der Waals surface area contributed by atoms with Crippen molar-refractivity contribution < 1.29 is 23.5 Å². The van der Waals surface area contributed by atoms with Crippen molar-refractivity contribution in [2.75, 3.05) is 25.1 Å². The number of esters is 1. The highest BCUT2D eigenvalue weighted by Crippen LogP contribution is 2.37. The van der Waals surface area contributed by atoms with Gasteiger partial charge in [0.25, 0.3) is 0 Å². The molecule has 1 aromatic carbocycles. The Balaban J connectivity index is 1.63. The van der Waals surface area contributed by atoms with Crippen molar-refractivity contribution in [3.63, 3.8) is 0 Å². The molecule has 0 N–H and O–H groups in total. The molecule has 0 radical (unpaired) electrons. The molecule has 2 aromatic rings. The van der Waals surface area contributed by atoms with Gasteiger partial charge >= 0.3 is 12.1 Å². The van der Waals surface area contributed by atoms with Gasteiger partial charge in [-0.25, -0.2) is 14.0 Å². The lowest BCUT2D eigenvalue weighted by atomic mass is 10.1. The van der Waals surface area contributed by atoms with Gasteiger partial charge in [0.15, 0.2) is 0 Å². The fourth-order valence-corrected chi connectivity index (χ4v) is 4.25. The molecule has 8 nitrogen and oxygen atoms in total. The summed E-state index contributed by atoms with van der Waals surface area (Å²) >= 11 is 0. The summed E-state index contributed by atoms with van der Waals surface area (Å²) in [5.74, 6) is -1.42. The van der Waals surface area contributed by atoms with Gasteiger partial charge in [-0.05, 0) is 46.1 Å². The number of aryl methyl sites for hydroxylation is 1. The van der Waals surface area contributed by atoms with Gasteiger partial charge < -0.3 is 19.3 Å². The van der Waals surface area contributed by atoms with Crippen molar-refractivity contribution >= 4 is 28.7 Å². The highest BCUT2D eigenvalue weighted by atomic mass is 19.1. The van der Waals surface area contributed by atoms with E-state index in [-0.39, 0.29) is 29.3 Å². The summed E-state index contributed by atoms with van der Waals surface area (Å²) in [5.41, 5.74) is 0.220. The van der Waals surface area contributed by atoms with Gasteiger partial charge in [0.05, 0.1) is 18.8 Å². The van der Waals surface area contributed by atoms with Crippen LogP contribution < -0.4 is 4.90 Å². The van der Waals surface area contributed by atoms with Crippen LogP contribution in [0.2, 0.25) is 0 Å². The molecule has 0 spiro atoms. The van der Waals surface area contributed by atoms with Gasteiger partial charge in [-0.1, -0.05) is 0 Å². The number of hydrogen-bond acceptors (Lipinski definition) is 6. The van der Waals surface area contributed by atoms with E-state index in [4.69, 9.17) is 9.47 Å². The van der Waals surface area contributed by atoms with E-state index >= 15 is 0 Å². The maximum absolute atomic E-state index is 14.9. The van der Waals surface area contributed by atoms with Gasteiger partial charge in [0.1, 0.15) is 22.5 Å². The summed E-state index contributed by atoms with van der Waals surface area (Å²) in [6, 6.07) is 1.56. The minimum Gasteiger partial charge on any atom is -0.465 e. The predicted octanol–water partition coefficient (Wildman–Crippen LogP) is 3.48. The lowest BCUT2D eigenvalue weighted by molar-refractivity contribution is 0.0158. The standard InChI is InChI=1S/C22H29FN4O4/c1-22(2,3)31-21(29)27(13-6-7-13)14-8-9-26(11-14)17-10-16(23)18(20(28)30-5)19-15(17)12-25(4)24-19/h10,12-14H,6-9,11H2,1-5H3/t14-/m0/s1. The molecular formula is C22H29FN4O4. The summed E-state index contributed by atoms with van der Waals surface area (Å²) in [4.78, 5) is 28.9. The Morgan fingerprint density at radius 2 is 1.94 bits per heavy atom. The molecule has 31 heavy (non-hydrogen) atoms. The van der Waals surface area contributed by atoms with E-state index in [1.165, 1.54) is 13.2 Å². The highest BCUT2D eigenvalue weighted by Gasteiger charge is 2.42. The molecule has 1 aromatic heterocycles.